The van der Waals surface area contributed by atoms with Crippen LogP contribution in [0.3, 0.4) is 0 Å². The topological polar surface area (TPSA) is 76.4 Å². The van der Waals surface area contributed by atoms with Crippen molar-refractivity contribution in [1.29, 1.82) is 0 Å². The number of nitrogens with one attached hydrogen (secondary N) is 1. The standard InChI is InChI=1S/C17H16BrN3O3/c1-2-24-17-20-14-5-3-4-13(16(22)23)15(14)21(17)19-10-11-6-8-12(18)9-7-11/h3-9,19H,2,10H2,1H3,(H,22,23). The Morgan fingerprint density at radius 2 is 2.04 bits per heavy atom. The summed E-state index contributed by atoms with van der Waals surface area (Å²) in [5.41, 5.74) is 5.49. The fourth-order valence-corrected chi connectivity index (χ4v) is 2.69. The summed E-state index contributed by atoms with van der Waals surface area (Å²) in [5.74, 6) is -1.00. The molecule has 2 N–H and O–H groups in total. The number of hydrogen-bond donors (Lipinski definition) is 2. The van der Waals surface area contributed by atoms with E-state index in [1.165, 1.54) is 0 Å². The summed E-state index contributed by atoms with van der Waals surface area (Å²) >= 11 is 3.40. The van der Waals surface area contributed by atoms with Gasteiger partial charge in [-0.1, -0.05) is 34.1 Å². The Labute approximate surface area is 147 Å². The highest BCUT2D eigenvalue weighted by molar-refractivity contribution is 9.10. The minimum Gasteiger partial charge on any atom is -0.478 e. The van der Waals surface area contributed by atoms with Crippen molar-refractivity contribution in [2.45, 2.75) is 13.5 Å². The number of para-hydroxylation sites is 1. The molecule has 6 nitrogen and oxygen atoms in total. The van der Waals surface area contributed by atoms with Gasteiger partial charge in [-0.05, 0) is 36.8 Å². The molecule has 0 saturated heterocycles. The lowest BCUT2D eigenvalue weighted by atomic mass is 10.2. The van der Waals surface area contributed by atoms with Gasteiger partial charge >= 0.3 is 12.0 Å². The van der Waals surface area contributed by atoms with E-state index in [2.05, 4.69) is 26.3 Å². The normalized spacial score (nSPS) is 10.8. The predicted octanol–water partition coefficient (Wildman–Crippen LogP) is 3.64. The zero-order valence-corrected chi connectivity index (χ0v) is 14.6. The summed E-state index contributed by atoms with van der Waals surface area (Å²) in [6.07, 6.45) is 0. The van der Waals surface area contributed by atoms with Crippen molar-refractivity contribution in [3.05, 3.63) is 58.1 Å². The number of halogens is 1. The third kappa shape index (κ3) is 3.21. The van der Waals surface area contributed by atoms with Crippen molar-refractivity contribution in [2.75, 3.05) is 12.0 Å². The first-order valence-electron chi connectivity index (χ1n) is 7.46. The Morgan fingerprint density at radius 3 is 2.71 bits per heavy atom. The van der Waals surface area contributed by atoms with Gasteiger partial charge in [0.2, 0.25) is 0 Å². The number of hydrogen-bond acceptors (Lipinski definition) is 4. The number of ether oxygens (including phenoxy) is 1. The molecule has 0 aliphatic heterocycles. The molecule has 0 aliphatic rings. The number of nitrogens with zero attached hydrogens (tertiary/aromatic N) is 2. The number of aromatic nitrogens is 2. The van der Waals surface area contributed by atoms with Crippen molar-refractivity contribution in [1.82, 2.24) is 9.66 Å². The van der Waals surface area contributed by atoms with Crippen molar-refractivity contribution in [3.8, 4) is 6.01 Å². The van der Waals surface area contributed by atoms with E-state index in [-0.39, 0.29) is 5.56 Å². The number of fused-ring (bicyclic) bond motifs is 1. The molecule has 0 radical (unpaired) electrons. The lowest BCUT2D eigenvalue weighted by Gasteiger charge is -2.13. The summed E-state index contributed by atoms with van der Waals surface area (Å²) in [4.78, 5) is 15.9. The van der Waals surface area contributed by atoms with Crippen LogP contribution in [0.1, 0.15) is 22.8 Å². The summed E-state index contributed by atoms with van der Waals surface area (Å²) in [6, 6.07) is 13.2. The summed E-state index contributed by atoms with van der Waals surface area (Å²) in [7, 11) is 0. The zero-order valence-electron chi connectivity index (χ0n) is 13.0. The molecular weight excluding hydrogens is 374 g/mol. The van der Waals surface area contributed by atoms with Gasteiger partial charge in [0.15, 0.2) is 0 Å². The fraction of sp³-hybridized carbons (Fsp3) is 0.176. The van der Waals surface area contributed by atoms with E-state index in [4.69, 9.17) is 4.74 Å². The molecule has 124 valence electrons. The average Bonchev–Trinajstić information content (AvgIpc) is 2.92. The van der Waals surface area contributed by atoms with Crippen molar-refractivity contribution >= 4 is 32.9 Å². The Bertz CT molecular complexity index is 875. The molecule has 2 aromatic carbocycles. The number of rotatable bonds is 6. The van der Waals surface area contributed by atoms with E-state index in [9.17, 15) is 9.90 Å². The molecule has 0 aliphatic carbocycles. The van der Waals surface area contributed by atoms with Crippen LogP contribution in [0.4, 0.5) is 0 Å². The summed E-state index contributed by atoms with van der Waals surface area (Å²) in [5, 5.41) is 9.45. The van der Waals surface area contributed by atoms with Gasteiger partial charge in [-0.2, -0.15) is 4.98 Å². The molecule has 0 atom stereocenters. The van der Waals surface area contributed by atoms with Crippen LogP contribution in [0.15, 0.2) is 46.9 Å². The Morgan fingerprint density at radius 1 is 1.29 bits per heavy atom. The van der Waals surface area contributed by atoms with Gasteiger partial charge in [0.25, 0.3) is 0 Å². The zero-order chi connectivity index (χ0) is 17.1. The van der Waals surface area contributed by atoms with Crippen LogP contribution in [0, 0.1) is 0 Å². The van der Waals surface area contributed by atoms with Gasteiger partial charge in [-0.15, -0.1) is 0 Å². The Kier molecular flexibility index (Phi) is 4.71. The summed E-state index contributed by atoms with van der Waals surface area (Å²) in [6.45, 7) is 2.80. The van der Waals surface area contributed by atoms with Gasteiger partial charge < -0.3 is 15.3 Å². The molecule has 0 unspecified atom stereocenters. The van der Waals surface area contributed by atoms with E-state index >= 15 is 0 Å². The molecule has 1 aromatic heterocycles. The number of carbonyl (C=O) groups is 1. The molecule has 0 amide bonds. The molecular formula is C17H16BrN3O3. The Balaban J connectivity index is 2.01. The van der Waals surface area contributed by atoms with Gasteiger partial charge in [0.05, 0.1) is 24.2 Å². The van der Waals surface area contributed by atoms with Gasteiger partial charge in [-0.25, -0.2) is 9.47 Å². The number of aromatic carboxylic acids is 1. The lowest BCUT2D eigenvalue weighted by Crippen LogP contribution is -2.17. The van der Waals surface area contributed by atoms with E-state index in [1.807, 2.05) is 31.2 Å². The highest BCUT2D eigenvalue weighted by Gasteiger charge is 2.18. The van der Waals surface area contributed by atoms with Crippen LogP contribution in [0.5, 0.6) is 6.01 Å². The largest absolute Gasteiger partial charge is 0.478 e. The van der Waals surface area contributed by atoms with Crippen LogP contribution in [0.25, 0.3) is 11.0 Å². The molecule has 24 heavy (non-hydrogen) atoms. The van der Waals surface area contributed by atoms with E-state index in [1.54, 1.807) is 22.9 Å². The molecule has 0 fully saturated rings. The first-order chi connectivity index (χ1) is 11.6. The maximum atomic E-state index is 11.5. The first-order valence-corrected chi connectivity index (χ1v) is 8.25. The summed E-state index contributed by atoms with van der Waals surface area (Å²) < 4.78 is 8.16. The fourth-order valence-electron chi connectivity index (χ4n) is 2.42. The van der Waals surface area contributed by atoms with E-state index in [0.717, 1.165) is 10.0 Å². The van der Waals surface area contributed by atoms with Crippen LogP contribution >= 0.6 is 15.9 Å². The second kappa shape index (κ2) is 6.92. The number of carboxylic acids is 1. The predicted molar refractivity (Wildman–Crippen MR) is 95.1 cm³/mol. The van der Waals surface area contributed by atoms with E-state index < -0.39 is 5.97 Å². The monoisotopic (exact) mass is 389 g/mol. The molecule has 0 bridgehead atoms. The second-order valence-electron chi connectivity index (χ2n) is 5.10. The van der Waals surface area contributed by atoms with Crippen molar-refractivity contribution in [2.24, 2.45) is 0 Å². The highest BCUT2D eigenvalue weighted by Crippen LogP contribution is 2.24. The molecule has 0 saturated carbocycles. The average molecular weight is 390 g/mol. The number of imidazole rings is 1. The van der Waals surface area contributed by atoms with Gasteiger partial charge in [-0.3, -0.25) is 0 Å². The van der Waals surface area contributed by atoms with Crippen LogP contribution in [0.2, 0.25) is 0 Å². The second-order valence-corrected chi connectivity index (χ2v) is 6.02. The quantitative estimate of drug-likeness (QED) is 0.672. The molecule has 7 heteroatoms. The van der Waals surface area contributed by atoms with Crippen LogP contribution in [-0.2, 0) is 6.54 Å². The number of carboxylic acid groups (broad SMARTS) is 1. The third-order valence-electron chi connectivity index (χ3n) is 3.50. The first kappa shape index (κ1) is 16.3. The van der Waals surface area contributed by atoms with Crippen LogP contribution < -0.4 is 10.2 Å². The number of benzene rings is 2. The molecule has 1 heterocycles. The minimum absolute atomic E-state index is 0.175. The van der Waals surface area contributed by atoms with Crippen molar-refractivity contribution < 1.29 is 14.6 Å². The third-order valence-corrected chi connectivity index (χ3v) is 4.03. The molecule has 3 aromatic rings. The minimum atomic E-state index is -1.00. The maximum absolute atomic E-state index is 11.5. The molecule has 3 rings (SSSR count). The van der Waals surface area contributed by atoms with Gasteiger partial charge in [0, 0.05) is 4.47 Å². The molecule has 0 spiro atoms. The van der Waals surface area contributed by atoms with Gasteiger partial charge in [0.1, 0.15) is 5.52 Å². The van der Waals surface area contributed by atoms with E-state index in [0.29, 0.717) is 30.2 Å². The SMILES string of the molecule is CCOc1nc2cccc(C(=O)O)c2n1NCc1ccc(Br)cc1. The van der Waals surface area contributed by atoms with Crippen molar-refractivity contribution in [3.63, 3.8) is 0 Å². The maximum Gasteiger partial charge on any atom is 0.337 e. The lowest BCUT2D eigenvalue weighted by molar-refractivity contribution is 0.0698. The van der Waals surface area contributed by atoms with Crippen LogP contribution in [-0.4, -0.2) is 27.3 Å². The smallest absolute Gasteiger partial charge is 0.337 e. The highest BCUT2D eigenvalue weighted by atomic mass is 79.9. The Hall–Kier alpha value is -2.54.